The fraction of sp³-hybridized carbons (Fsp3) is 0.429. The molecule has 1 amide bonds. The number of aromatic nitrogens is 2. The normalized spacial score (nSPS) is 18.3. The van der Waals surface area contributed by atoms with Crippen molar-refractivity contribution < 1.29 is 4.79 Å². The third-order valence-electron chi connectivity index (χ3n) is 4.90. The maximum atomic E-state index is 12.5. The van der Waals surface area contributed by atoms with Gasteiger partial charge in [-0.25, -0.2) is 9.97 Å². The molecule has 2 atom stereocenters. The fourth-order valence-corrected chi connectivity index (χ4v) is 3.97. The molecule has 1 aromatic heterocycles. The van der Waals surface area contributed by atoms with Gasteiger partial charge in [0.05, 0.1) is 6.04 Å². The van der Waals surface area contributed by atoms with E-state index in [1.165, 1.54) is 0 Å². The van der Waals surface area contributed by atoms with E-state index in [1.807, 2.05) is 65.9 Å². The highest BCUT2D eigenvalue weighted by Gasteiger charge is 2.32. The van der Waals surface area contributed by atoms with Crippen LogP contribution in [-0.2, 0) is 11.2 Å². The molecular formula is C21H25IN6O. The highest BCUT2D eigenvalue weighted by Crippen LogP contribution is 2.24. The van der Waals surface area contributed by atoms with Gasteiger partial charge in [0.2, 0.25) is 11.9 Å². The van der Waals surface area contributed by atoms with Crippen molar-refractivity contribution in [1.29, 1.82) is 5.26 Å². The molecule has 152 valence electrons. The Labute approximate surface area is 185 Å². The van der Waals surface area contributed by atoms with E-state index in [4.69, 9.17) is 0 Å². The van der Waals surface area contributed by atoms with Crippen molar-refractivity contribution in [2.24, 2.45) is 0 Å². The molecule has 29 heavy (non-hydrogen) atoms. The fourth-order valence-electron chi connectivity index (χ4n) is 3.27. The van der Waals surface area contributed by atoms with Gasteiger partial charge in [0, 0.05) is 38.5 Å². The molecule has 0 saturated carbocycles. The van der Waals surface area contributed by atoms with E-state index in [9.17, 15) is 10.1 Å². The van der Waals surface area contributed by atoms with Crippen LogP contribution in [0.5, 0.6) is 0 Å². The Morgan fingerprint density at radius 1 is 1.28 bits per heavy atom. The smallest absolute Gasteiger partial charge is 0.238 e. The molecular weight excluding hydrogens is 479 g/mol. The molecule has 2 N–H and O–H groups in total. The first kappa shape index (κ1) is 21.5. The number of hydrogen-bond donors (Lipinski definition) is 2. The summed E-state index contributed by atoms with van der Waals surface area (Å²) in [7, 11) is 3.80. The molecule has 1 fully saturated rings. The number of rotatable bonds is 6. The number of nitrogens with one attached hydrogen (secondary N) is 2. The van der Waals surface area contributed by atoms with Crippen LogP contribution in [-0.4, -0.2) is 46.1 Å². The van der Waals surface area contributed by atoms with Crippen LogP contribution in [0.25, 0.3) is 11.1 Å². The van der Waals surface area contributed by atoms with E-state index in [2.05, 4.69) is 26.7 Å². The van der Waals surface area contributed by atoms with Gasteiger partial charge in [-0.15, -0.1) is 0 Å². The number of alkyl halides is 1. The lowest BCUT2D eigenvalue weighted by Gasteiger charge is -2.27. The largest absolute Gasteiger partial charge is 0.347 e. The second kappa shape index (κ2) is 9.50. The van der Waals surface area contributed by atoms with Crippen molar-refractivity contribution in [2.45, 2.75) is 35.3 Å². The zero-order chi connectivity index (χ0) is 20.9. The van der Waals surface area contributed by atoms with Crippen molar-refractivity contribution in [3.63, 3.8) is 0 Å². The number of carbonyl (C=O) groups is 1. The van der Waals surface area contributed by atoms with Crippen LogP contribution in [0.15, 0.2) is 36.7 Å². The maximum absolute atomic E-state index is 12.5. The Morgan fingerprint density at radius 3 is 2.52 bits per heavy atom. The van der Waals surface area contributed by atoms with Crippen LogP contribution >= 0.6 is 22.6 Å². The minimum atomic E-state index is -0.980. The van der Waals surface area contributed by atoms with Gasteiger partial charge in [-0.2, -0.15) is 5.26 Å². The average molecular weight is 504 g/mol. The molecule has 7 nitrogen and oxygen atoms in total. The molecule has 1 aliphatic rings. The number of nitriles is 1. The third kappa shape index (κ3) is 5.64. The first-order valence-electron chi connectivity index (χ1n) is 9.64. The molecule has 0 spiro atoms. The summed E-state index contributed by atoms with van der Waals surface area (Å²) in [5.41, 5.74) is 2.91. The van der Waals surface area contributed by atoms with Crippen molar-refractivity contribution in [3.8, 4) is 17.2 Å². The number of amides is 1. The summed E-state index contributed by atoms with van der Waals surface area (Å²) in [6.07, 6.45) is 6.96. The molecule has 1 aliphatic heterocycles. The van der Waals surface area contributed by atoms with E-state index in [-0.39, 0.29) is 11.9 Å². The quantitative estimate of drug-likeness (QED) is 0.357. The highest BCUT2D eigenvalue weighted by atomic mass is 127. The number of benzene rings is 1. The second-order valence-corrected chi connectivity index (χ2v) is 9.29. The number of anilines is 1. The number of nitrogens with zero attached hydrogens (tertiary/aromatic N) is 4. The standard InChI is InChI=1S/C21H25IN6O/c1-28(2)20-25-12-17(13-26-20)16-8-6-15(7-9-16)11-21(22,14-23)27-19(29)18-5-3-4-10-24-18/h6-9,12-13,18,24H,3-5,10-11H2,1-2H3,(H,27,29)/t18-,21+/m0/s1. The summed E-state index contributed by atoms with van der Waals surface area (Å²) in [6.45, 7) is 0.847. The van der Waals surface area contributed by atoms with Gasteiger partial charge in [0.25, 0.3) is 0 Å². The molecule has 3 rings (SSSR count). The molecule has 8 heteroatoms. The van der Waals surface area contributed by atoms with E-state index in [1.54, 1.807) is 12.4 Å². The number of piperidine rings is 1. The van der Waals surface area contributed by atoms with Crippen LogP contribution in [0.2, 0.25) is 0 Å². The third-order valence-corrected chi connectivity index (χ3v) is 5.79. The average Bonchev–Trinajstić information content (AvgIpc) is 2.75. The lowest BCUT2D eigenvalue weighted by molar-refractivity contribution is -0.124. The Morgan fingerprint density at radius 2 is 1.97 bits per heavy atom. The molecule has 0 unspecified atom stereocenters. The number of carbonyl (C=O) groups excluding carboxylic acids is 1. The van der Waals surface area contributed by atoms with Crippen LogP contribution in [0.1, 0.15) is 24.8 Å². The zero-order valence-corrected chi connectivity index (χ0v) is 18.8. The molecule has 1 aromatic carbocycles. The summed E-state index contributed by atoms with van der Waals surface area (Å²) in [6, 6.07) is 9.98. The van der Waals surface area contributed by atoms with E-state index < -0.39 is 3.55 Å². The van der Waals surface area contributed by atoms with Crippen molar-refractivity contribution >= 4 is 34.4 Å². The highest BCUT2D eigenvalue weighted by molar-refractivity contribution is 14.1. The van der Waals surface area contributed by atoms with Gasteiger partial charge >= 0.3 is 0 Å². The monoisotopic (exact) mass is 504 g/mol. The van der Waals surface area contributed by atoms with Crippen LogP contribution < -0.4 is 15.5 Å². The van der Waals surface area contributed by atoms with Gasteiger partial charge < -0.3 is 15.5 Å². The van der Waals surface area contributed by atoms with E-state index in [0.717, 1.165) is 42.5 Å². The molecule has 1 saturated heterocycles. The lowest BCUT2D eigenvalue weighted by Crippen LogP contribution is -2.53. The molecule has 2 aromatic rings. The summed E-state index contributed by atoms with van der Waals surface area (Å²) in [5, 5.41) is 15.8. The Balaban J connectivity index is 1.66. The Bertz CT molecular complexity index is 872. The second-order valence-electron chi connectivity index (χ2n) is 7.44. The van der Waals surface area contributed by atoms with Gasteiger partial charge in [0.1, 0.15) is 6.07 Å². The molecule has 0 radical (unpaired) electrons. The Kier molecular flexibility index (Phi) is 7.03. The lowest BCUT2D eigenvalue weighted by atomic mass is 10.0. The first-order chi connectivity index (χ1) is 13.9. The summed E-state index contributed by atoms with van der Waals surface area (Å²) < 4.78 is -0.980. The van der Waals surface area contributed by atoms with Crippen molar-refractivity contribution in [1.82, 2.24) is 20.6 Å². The van der Waals surface area contributed by atoms with Gasteiger partial charge in [-0.3, -0.25) is 4.79 Å². The van der Waals surface area contributed by atoms with Crippen LogP contribution in [0, 0.1) is 11.3 Å². The first-order valence-corrected chi connectivity index (χ1v) is 10.7. The summed E-state index contributed by atoms with van der Waals surface area (Å²) in [5.74, 6) is 0.563. The zero-order valence-electron chi connectivity index (χ0n) is 16.7. The number of halogens is 1. The van der Waals surface area contributed by atoms with Crippen molar-refractivity contribution in [3.05, 3.63) is 42.2 Å². The SMILES string of the molecule is CN(C)c1ncc(-c2ccc(C[C@](I)(C#N)NC(=O)[C@@H]3CCCCN3)cc2)cn1. The van der Waals surface area contributed by atoms with E-state index in [0.29, 0.717) is 12.4 Å². The summed E-state index contributed by atoms with van der Waals surface area (Å²) in [4.78, 5) is 23.1. The van der Waals surface area contributed by atoms with Gasteiger partial charge in [0.15, 0.2) is 3.55 Å². The minimum Gasteiger partial charge on any atom is -0.347 e. The van der Waals surface area contributed by atoms with Gasteiger partial charge in [-0.1, -0.05) is 30.7 Å². The van der Waals surface area contributed by atoms with E-state index >= 15 is 0 Å². The molecule has 0 bridgehead atoms. The predicted molar refractivity (Wildman–Crippen MR) is 122 cm³/mol. The van der Waals surface area contributed by atoms with Crippen molar-refractivity contribution in [2.75, 3.05) is 25.5 Å². The summed E-state index contributed by atoms with van der Waals surface area (Å²) >= 11 is 2.04. The predicted octanol–water partition coefficient (Wildman–Crippen LogP) is 2.67. The van der Waals surface area contributed by atoms with Gasteiger partial charge in [-0.05, 0) is 53.1 Å². The van der Waals surface area contributed by atoms with Crippen LogP contribution in [0.4, 0.5) is 5.95 Å². The maximum Gasteiger partial charge on any atom is 0.238 e. The number of hydrogen-bond acceptors (Lipinski definition) is 6. The topological polar surface area (TPSA) is 93.9 Å². The molecule has 2 heterocycles. The Hall–Kier alpha value is -2.25. The minimum absolute atomic E-state index is 0.101. The molecule has 0 aliphatic carbocycles. The van der Waals surface area contributed by atoms with Crippen LogP contribution in [0.3, 0.4) is 0 Å².